The van der Waals surface area contributed by atoms with Crippen molar-refractivity contribution in [2.24, 2.45) is 0 Å². The van der Waals surface area contributed by atoms with E-state index in [9.17, 15) is 9.59 Å². The fourth-order valence-electron chi connectivity index (χ4n) is 3.01. The van der Waals surface area contributed by atoms with Crippen molar-refractivity contribution in [3.63, 3.8) is 0 Å². The number of ketones is 1. The Bertz CT molecular complexity index is 748. The summed E-state index contributed by atoms with van der Waals surface area (Å²) in [4.78, 5) is 24.3. The zero-order valence-corrected chi connectivity index (χ0v) is 13.7. The molecule has 0 aromatic heterocycles. The molecule has 1 N–H and O–H groups in total. The molecule has 2 aromatic rings. The minimum Gasteiger partial charge on any atom is -0.325 e. The largest absolute Gasteiger partial charge is 0.325 e. The lowest BCUT2D eigenvalue weighted by Crippen LogP contribution is -2.46. The molecule has 0 spiro atoms. The highest BCUT2D eigenvalue weighted by molar-refractivity contribution is 6.30. The molecule has 23 heavy (non-hydrogen) atoms. The van der Waals surface area contributed by atoms with Gasteiger partial charge in [0.25, 0.3) is 0 Å². The summed E-state index contributed by atoms with van der Waals surface area (Å²) in [6, 6.07) is 14.5. The Labute approximate surface area is 140 Å². The average Bonchev–Trinajstić information content (AvgIpc) is 2.48. The number of Topliss-reactive ketones (excluding diaryl/α,β-unsaturated/α-hetero) is 1. The summed E-state index contributed by atoms with van der Waals surface area (Å²) in [5.41, 5.74) is 1.75. The van der Waals surface area contributed by atoms with E-state index in [0.717, 1.165) is 24.8 Å². The standard InChI is InChI=1S/C19H18ClNO2/c1-13(22)14-4-2-5-17(12-14)21-18(23)19(10-3-11-19)15-6-8-16(20)9-7-15/h2,4-9,12H,3,10-11H2,1H3,(H,21,23). The van der Waals surface area contributed by atoms with Gasteiger partial charge in [0.2, 0.25) is 5.91 Å². The second kappa shape index (κ2) is 6.17. The van der Waals surface area contributed by atoms with E-state index < -0.39 is 5.41 Å². The summed E-state index contributed by atoms with van der Waals surface area (Å²) in [5, 5.41) is 3.63. The quantitative estimate of drug-likeness (QED) is 0.834. The normalized spacial score (nSPS) is 15.6. The van der Waals surface area contributed by atoms with E-state index in [4.69, 9.17) is 11.6 Å². The molecule has 0 aliphatic heterocycles. The number of hydrogen-bond acceptors (Lipinski definition) is 2. The predicted octanol–water partition coefficient (Wildman–Crippen LogP) is 4.60. The molecule has 1 saturated carbocycles. The lowest BCUT2D eigenvalue weighted by Gasteiger charge is -2.40. The van der Waals surface area contributed by atoms with Crippen LogP contribution >= 0.6 is 11.6 Å². The van der Waals surface area contributed by atoms with Crippen LogP contribution in [0, 0.1) is 0 Å². The van der Waals surface area contributed by atoms with Crippen LogP contribution in [0.1, 0.15) is 42.1 Å². The van der Waals surface area contributed by atoms with E-state index in [1.54, 1.807) is 24.3 Å². The lowest BCUT2D eigenvalue weighted by molar-refractivity contribution is -0.124. The summed E-state index contributed by atoms with van der Waals surface area (Å²) in [5.74, 6) is -0.0380. The molecule has 0 atom stereocenters. The molecule has 1 fully saturated rings. The Balaban J connectivity index is 1.85. The van der Waals surface area contributed by atoms with E-state index in [0.29, 0.717) is 16.3 Å². The van der Waals surface area contributed by atoms with E-state index in [2.05, 4.69) is 5.32 Å². The van der Waals surface area contributed by atoms with Gasteiger partial charge in [-0.05, 0) is 49.6 Å². The number of rotatable bonds is 4. The molecule has 0 unspecified atom stereocenters. The van der Waals surface area contributed by atoms with Gasteiger partial charge in [-0.3, -0.25) is 9.59 Å². The van der Waals surface area contributed by atoms with Crippen LogP contribution in [0.3, 0.4) is 0 Å². The van der Waals surface area contributed by atoms with Crippen molar-refractivity contribution in [1.82, 2.24) is 0 Å². The van der Waals surface area contributed by atoms with E-state index >= 15 is 0 Å². The van der Waals surface area contributed by atoms with Gasteiger partial charge < -0.3 is 5.32 Å². The molecule has 1 amide bonds. The fraction of sp³-hybridized carbons (Fsp3) is 0.263. The van der Waals surface area contributed by atoms with E-state index in [-0.39, 0.29) is 11.7 Å². The fourth-order valence-corrected chi connectivity index (χ4v) is 3.14. The summed E-state index contributed by atoms with van der Waals surface area (Å²) >= 11 is 5.95. The van der Waals surface area contributed by atoms with Crippen LogP contribution in [0.4, 0.5) is 5.69 Å². The molecule has 0 radical (unpaired) electrons. The Hall–Kier alpha value is -2.13. The molecule has 2 aromatic carbocycles. The Morgan fingerprint density at radius 3 is 2.35 bits per heavy atom. The maximum atomic E-state index is 12.9. The third kappa shape index (κ3) is 3.02. The SMILES string of the molecule is CC(=O)c1cccc(NC(=O)C2(c3ccc(Cl)cc3)CCC2)c1. The van der Waals surface area contributed by atoms with Crippen molar-refractivity contribution in [1.29, 1.82) is 0 Å². The molecular weight excluding hydrogens is 310 g/mol. The number of nitrogens with one attached hydrogen (secondary N) is 1. The number of anilines is 1. The third-order valence-electron chi connectivity index (χ3n) is 4.57. The minimum absolute atomic E-state index is 0.0165. The van der Waals surface area contributed by atoms with Crippen LogP contribution < -0.4 is 5.32 Å². The van der Waals surface area contributed by atoms with Crippen LogP contribution in [0.15, 0.2) is 48.5 Å². The first-order valence-corrected chi connectivity index (χ1v) is 8.08. The van der Waals surface area contributed by atoms with Crippen LogP contribution in [0.5, 0.6) is 0 Å². The zero-order valence-electron chi connectivity index (χ0n) is 12.9. The van der Waals surface area contributed by atoms with E-state index in [1.807, 2.05) is 24.3 Å². The van der Waals surface area contributed by atoms with Crippen molar-refractivity contribution >= 4 is 29.0 Å². The van der Waals surface area contributed by atoms with Gasteiger partial charge in [0, 0.05) is 16.3 Å². The van der Waals surface area contributed by atoms with Gasteiger partial charge >= 0.3 is 0 Å². The maximum Gasteiger partial charge on any atom is 0.235 e. The molecule has 118 valence electrons. The van der Waals surface area contributed by atoms with Crippen LogP contribution in [-0.4, -0.2) is 11.7 Å². The van der Waals surface area contributed by atoms with Crippen molar-refractivity contribution in [2.45, 2.75) is 31.6 Å². The monoisotopic (exact) mass is 327 g/mol. The minimum atomic E-state index is -0.489. The second-order valence-electron chi connectivity index (χ2n) is 6.03. The van der Waals surface area contributed by atoms with Crippen molar-refractivity contribution in [3.8, 4) is 0 Å². The number of carbonyl (C=O) groups is 2. The lowest BCUT2D eigenvalue weighted by atomic mass is 9.64. The van der Waals surface area contributed by atoms with Gasteiger partial charge in [-0.1, -0.05) is 42.3 Å². The summed E-state index contributed by atoms with van der Waals surface area (Å²) in [7, 11) is 0. The first-order valence-electron chi connectivity index (χ1n) is 7.70. The highest BCUT2D eigenvalue weighted by Gasteiger charge is 2.45. The Morgan fingerprint density at radius 2 is 1.78 bits per heavy atom. The van der Waals surface area contributed by atoms with Gasteiger partial charge in [-0.2, -0.15) is 0 Å². The topological polar surface area (TPSA) is 46.2 Å². The molecule has 3 nitrogen and oxygen atoms in total. The Kier molecular flexibility index (Phi) is 4.22. The molecule has 0 bridgehead atoms. The van der Waals surface area contributed by atoms with Gasteiger partial charge in [-0.25, -0.2) is 0 Å². The number of benzene rings is 2. The molecule has 4 heteroatoms. The van der Waals surface area contributed by atoms with Crippen LogP contribution in [0.2, 0.25) is 5.02 Å². The number of hydrogen-bond donors (Lipinski definition) is 1. The predicted molar refractivity (Wildman–Crippen MR) is 92.1 cm³/mol. The van der Waals surface area contributed by atoms with Gasteiger partial charge in [0.1, 0.15) is 0 Å². The number of halogens is 1. The second-order valence-corrected chi connectivity index (χ2v) is 6.47. The zero-order chi connectivity index (χ0) is 16.4. The first-order chi connectivity index (χ1) is 11.0. The first kappa shape index (κ1) is 15.8. The number of carbonyl (C=O) groups excluding carboxylic acids is 2. The van der Waals surface area contributed by atoms with Crippen LogP contribution in [0.25, 0.3) is 0 Å². The van der Waals surface area contributed by atoms with Gasteiger partial charge in [0.05, 0.1) is 5.41 Å². The third-order valence-corrected chi connectivity index (χ3v) is 4.82. The molecule has 0 saturated heterocycles. The maximum absolute atomic E-state index is 12.9. The van der Waals surface area contributed by atoms with E-state index in [1.165, 1.54) is 6.92 Å². The van der Waals surface area contributed by atoms with Gasteiger partial charge in [-0.15, -0.1) is 0 Å². The highest BCUT2D eigenvalue weighted by Crippen LogP contribution is 2.44. The molecule has 0 heterocycles. The van der Waals surface area contributed by atoms with Crippen molar-refractivity contribution in [3.05, 3.63) is 64.7 Å². The smallest absolute Gasteiger partial charge is 0.235 e. The average molecular weight is 328 g/mol. The summed E-state index contributed by atoms with van der Waals surface area (Å²) in [6.45, 7) is 1.52. The molecule has 3 rings (SSSR count). The van der Waals surface area contributed by atoms with Crippen molar-refractivity contribution < 1.29 is 9.59 Å². The summed E-state index contributed by atoms with van der Waals surface area (Å²) < 4.78 is 0. The summed E-state index contributed by atoms with van der Waals surface area (Å²) in [6.07, 6.45) is 2.68. The number of amides is 1. The molecule has 1 aliphatic rings. The molecular formula is C19H18ClNO2. The van der Waals surface area contributed by atoms with Crippen molar-refractivity contribution in [2.75, 3.05) is 5.32 Å². The highest BCUT2D eigenvalue weighted by atomic mass is 35.5. The van der Waals surface area contributed by atoms with Gasteiger partial charge in [0.15, 0.2) is 5.78 Å². The molecule has 1 aliphatic carbocycles. The Morgan fingerprint density at radius 1 is 1.09 bits per heavy atom. The van der Waals surface area contributed by atoms with Crippen LogP contribution in [-0.2, 0) is 10.2 Å².